The Balaban J connectivity index is 1.24. The van der Waals surface area contributed by atoms with E-state index in [1.54, 1.807) is 0 Å². The summed E-state index contributed by atoms with van der Waals surface area (Å²) in [5.74, 6) is 0.290. The van der Waals surface area contributed by atoms with Gasteiger partial charge in [-0.05, 0) is 58.5 Å². The SMILES string of the molecule is O=c1[nH]c2c(c3ccccc13)CC(c1ccc(-c3cccc4c3oc3ccccc34)cc1)Cc1ccccc1-2. The van der Waals surface area contributed by atoms with E-state index >= 15 is 0 Å². The summed E-state index contributed by atoms with van der Waals surface area (Å²) in [5.41, 5.74) is 9.95. The molecule has 8 rings (SSSR count). The maximum absolute atomic E-state index is 13.0. The zero-order valence-corrected chi connectivity index (χ0v) is 21.3. The molecule has 0 saturated carbocycles. The van der Waals surface area contributed by atoms with Crippen molar-refractivity contribution in [3.05, 3.63) is 142 Å². The van der Waals surface area contributed by atoms with E-state index in [0.29, 0.717) is 0 Å². The number of pyridine rings is 1. The molecule has 2 heterocycles. The molecule has 0 fully saturated rings. The fourth-order valence-corrected chi connectivity index (χ4v) is 6.45. The number of benzene rings is 5. The Bertz CT molecular complexity index is 2100. The largest absolute Gasteiger partial charge is 0.455 e. The Morgan fingerprint density at radius 2 is 1.31 bits per heavy atom. The molecular weight excluding hydrogens is 478 g/mol. The molecule has 186 valence electrons. The third-order valence-corrected chi connectivity index (χ3v) is 8.34. The summed E-state index contributed by atoms with van der Waals surface area (Å²) in [7, 11) is 0. The fourth-order valence-electron chi connectivity index (χ4n) is 6.45. The third-order valence-electron chi connectivity index (χ3n) is 8.34. The minimum Gasteiger partial charge on any atom is -0.455 e. The smallest absolute Gasteiger partial charge is 0.256 e. The number of rotatable bonds is 2. The number of furan rings is 1. The molecule has 0 radical (unpaired) electrons. The zero-order valence-electron chi connectivity index (χ0n) is 21.3. The standard InChI is InChI=1S/C36H25NO2/c38-36-31-12-4-3-10-28(31)32-21-25(20-24-8-1-2-9-26(24)34(32)37-36)22-16-18-23(19-17-22)27-13-7-14-30-29-11-5-6-15-33(29)39-35(27)30/h1-19,25H,20-21H2,(H,37,38). The van der Waals surface area contributed by atoms with Gasteiger partial charge < -0.3 is 9.40 Å². The van der Waals surface area contributed by atoms with Gasteiger partial charge in [-0.3, -0.25) is 4.79 Å². The highest BCUT2D eigenvalue weighted by molar-refractivity contribution is 6.09. The second-order valence-electron chi connectivity index (χ2n) is 10.5. The van der Waals surface area contributed by atoms with Crippen molar-refractivity contribution >= 4 is 32.7 Å². The van der Waals surface area contributed by atoms with E-state index in [0.717, 1.165) is 67.9 Å². The summed E-state index contributed by atoms with van der Waals surface area (Å²) in [4.78, 5) is 16.2. The number of para-hydroxylation sites is 2. The van der Waals surface area contributed by atoms with Crippen LogP contribution in [0, 0.1) is 0 Å². The maximum atomic E-state index is 13.0. The normalized spacial score (nSPS) is 14.8. The van der Waals surface area contributed by atoms with Crippen LogP contribution in [0.1, 0.15) is 22.6 Å². The fraction of sp³-hybridized carbons (Fsp3) is 0.0833. The molecule has 0 amide bonds. The Kier molecular flexibility index (Phi) is 4.86. The predicted molar refractivity (Wildman–Crippen MR) is 159 cm³/mol. The van der Waals surface area contributed by atoms with E-state index in [2.05, 4.69) is 89.9 Å². The van der Waals surface area contributed by atoms with Gasteiger partial charge in [-0.2, -0.15) is 0 Å². The van der Waals surface area contributed by atoms with Gasteiger partial charge in [-0.25, -0.2) is 0 Å². The molecule has 1 aliphatic carbocycles. The molecule has 3 heteroatoms. The Morgan fingerprint density at radius 3 is 2.18 bits per heavy atom. The molecule has 0 bridgehead atoms. The molecule has 1 aliphatic rings. The first-order chi connectivity index (χ1) is 19.2. The minimum atomic E-state index is -0.0262. The number of nitrogens with one attached hydrogen (secondary N) is 1. The second kappa shape index (κ2) is 8.57. The van der Waals surface area contributed by atoms with Gasteiger partial charge in [-0.1, -0.05) is 103 Å². The van der Waals surface area contributed by atoms with Crippen LogP contribution in [-0.2, 0) is 12.8 Å². The van der Waals surface area contributed by atoms with Crippen LogP contribution in [0.5, 0.6) is 0 Å². The van der Waals surface area contributed by atoms with Crippen LogP contribution in [0.3, 0.4) is 0 Å². The highest BCUT2D eigenvalue weighted by Crippen LogP contribution is 2.40. The summed E-state index contributed by atoms with van der Waals surface area (Å²) in [5, 5.41) is 4.09. The first-order valence-electron chi connectivity index (χ1n) is 13.5. The number of hydrogen-bond donors (Lipinski definition) is 1. The van der Waals surface area contributed by atoms with E-state index in [9.17, 15) is 4.79 Å². The quantitative estimate of drug-likeness (QED) is 0.257. The van der Waals surface area contributed by atoms with Crippen LogP contribution in [-0.4, -0.2) is 4.98 Å². The molecule has 39 heavy (non-hydrogen) atoms. The van der Waals surface area contributed by atoms with Gasteiger partial charge in [0, 0.05) is 27.3 Å². The Labute approximate surface area is 225 Å². The summed E-state index contributed by atoms with van der Waals surface area (Å²) >= 11 is 0. The molecule has 1 unspecified atom stereocenters. The van der Waals surface area contributed by atoms with Gasteiger partial charge in [0.05, 0.1) is 5.69 Å². The lowest BCUT2D eigenvalue weighted by Gasteiger charge is -2.17. The van der Waals surface area contributed by atoms with E-state index in [4.69, 9.17) is 4.42 Å². The molecule has 0 aliphatic heterocycles. The zero-order chi connectivity index (χ0) is 25.9. The van der Waals surface area contributed by atoms with Crippen LogP contribution in [0.15, 0.2) is 124 Å². The molecular formula is C36H25NO2. The highest BCUT2D eigenvalue weighted by Gasteiger charge is 2.25. The van der Waals surface area contributed by atoms with Crippen LogP contribution >= 0.6 is 0 Å². The van der Waals surface area contributed by atoms with Crippen molar-refractivity contribution in [3.8, 4) is 22.4 Å². The number of aromatic nitrogens is 1. The first-order valence-corrected chi connectivity index (χ1v) is 13.5. The lowest BCUT2D eigenvalue weighted by atomic mass is 9.87. The minimum absolute atomic E-state index is 0.0262. The lowest BCUT2D eigenvalue weighted by Crippen LogP contribution is -2.11. The summed E-state index contributed by atoms with van der Waals surface area (Å²) in [6.07, 6.45) is 1.78. The van der Waals surface area contributed by atoms with Gasteiger partial charge >= 0.3 is 0 Å². The number of hydrogen-bond acceptors (Lipinski definition) is 2. The highest BCUT2D eigenvalue weighted by atomic mass is 16.3. The van der Waals surface area contributed by atoms with Crippen LogP contribution in [0.25, 0.3) is 55.1 Å². The van der Waals surface area contributed by atoms with E-state index in [1.807, 2.05) is 30.3 Å². The van der Waals surface area contributed by atoms with Gasteiger partial charge in [0.15, 0.2) is 0 Å². The van der Waals surface area contributed by atoms with E-state index < -0.39 is 0 Å². The molecule has 1 N–H and O–H groups in total. The monoisotopic (exact) mass is 503 g/mol. The molecule has 2 aromatic heterocycles. The van der Waals surface area contributed by atoms with Gasteiger partial charge in [0.2, 0.25) is 0 Å². The molecule has 1 atom stereocenters. The maximum Gasteiger partial charge on any atom is 0.256 e. The van der Waals surface area contributed by atoms with Crippen molar-refractivity contribution in [2.24, 2.45) is 0 Å². The van der Waals surface area contributed by atoms with E-state index in [1.165, 1.54) is 16.7 Å². The van der Waals surface area contributed by atoms with Crippen LogP contribution in [0.4, 0.5) is 0 Å². The van der Waals surface area contributed by atoms with Gasteiger partial charge in [-0.15, -0.1) is 0 Å². The van der Waals surface area contributed by atoms with Gasteiger partial charge in [0.25, 0.3) is 5.56 Å². The van der Waals surface area contributed by atoms with Crippen molar-refractivity contribution < 1.29 is 4.42 Å². The van der Waals surface area contributed by atoms with E-state index in [-0.39, 0.29) is 11.5 Å². The van der Waals surface area contributed by atoms with Crippen molar-refractivity contribution in [1.29, 1.82) is 0 Å². The first kappa shape index (κ1) is 22.1. The second-order valence-corrected chi connectivity index (χ2v) is 10.5. The summed E-state index contributed by atoms with van der Waals surface area (Å²) in [6.45, 7) is 0. The van der Waals surface area contributed by atoms with Crippen molar-refractivity contribution in [3.63, 3.8) is 0 Å². The molecule has 7 aromatic rings. The van der Waals surface area contributed by atoms with Crippen LogP contribution < -0.4 is 5.56 Å². The number of fused-ring (bicyclic) bond motifs is 8. The Hall–Kier alpha value is -4.89. The Morgan fingerprint density at radius 1 is 0.615 bits per heavy atom. The number of aromatic amines is 1. The van der Waals surface area contributed by atoms with Crippen molar-refractivity contribution in [2.75, 3.05) is 0 Å². The summed E-state index contributed by atoms with van der Waals surface area (Å²) < 4.78 is 6.30. The summed E-state index contributed by atoms with van der Waals surface area (Å²) in [6, 6.07) is 40.0. The molecule has 0 spiro atoms. The topological polar surface area (TPSA) is 46.0 Å². The molecule has 0 saturated heterocycles. The average molecular weight is 504 g/mol. The number of H-pyrrole nitrogens is 1. The van der Waals surface area contributed by atoms with Crippen molar-refractivity contribution in [2.45, 2.75) is 18.8 Å². The molecule has 3 nitrogen and oxygen atoms in total. The predicted octanol–water partition coefficient (Wildman–Crippen LogP) is 8.64. The average Bonchev–Trinajstić information content (AvgIpc) is 3.29. The lowest BCUT2D eigenvalue weighted by molar-refractivity contribution is 0.670. The van der Waals surface area contributed by atoms with Gasteiger partial charge in [0.1, 0.15) is 11.2 Å². The van der Waals surface area contributed by atoms with Crippen LogP contribution in [0.2, 0.25) is 0 Å². The van der Waals surface area contributed by atoms with Crippen molar-refractivity contribution in [1.82, 2.24) is 4.98 Å². The molecule has 5 aromatic carbocycles. The third kappa shape index (κ3) is 3.47.